The molecule has 1 N–H and O–H groups in total. The first-order valence-electron chi connectivity index (χ1n) is 7.68. The second kappa shape index (κ2) is 4.55. The minimum absolute atomic E-state index is 0.133. The summed E-state index contributed by atoms with van der Waals surface area (Å²) in [4.78, 5) is 37.1. The van der Waals surface area contributed by atoms with Crippen molar-refractivity contribution in [1.29, 1.82) is 0 Å². The van der Waals surface area contributed by atoms with Crippen LogP contribution in [-0.4, -0.2) is 22.7 Å². The number of fused-ring (bicyclic) bond motifs is 5. The van der Waals surface area contributed by atoms with Crippen molar-refractivity contribution in [3.05, 3.63) is 24.3 Å². The third kappa shape index (κ3) is 1.79. The van der Waals surface area contributed by atoms with Crippen LogP contribution in [0, 0.1) is 29.6 Å². The second-order valence-electron chi connectivity index (χ2n) is 6.47. The summed E-state index contributed by atoms with van der Waals surface area (Å²) in [6, 6.07) is 0. The van der Waals surface area contributed by atoms with E-state index in [2.05, 4.69) is 11.5 Å². The molecule has 0 aromatic carbocycles. The van der Waals surface area contributed by atoms with Crippen molar-refractivity contribution in [2.75, 3.05) is 0 Å². The van der Waals surface area contributed by atoms with Crippen LogP contribution < -0.4 is 5.43 Å². The van der Waals surface area contributed by atoms with E-state index in [4.69, 9.17) is 0 Å². The van der Waals surface area contributed by atoms with Crippen LogP contribution in [0.25, 0.3) is 0 Å². The molecular formula is C16H18N2O3. The summed E-state index contributed by atoms with van der Waals surface area (Å²) in [5.74, 6) is -0.930. The molecule has 1 heterocycles. The number of carbonyl (C=O) groups excluding carboxylic acids is 3. The monoisotopic (exact) mass is 286 g/mol. The zero-order chi connectivity index (χ0) is 14.6. The van der Waals surface area contributed by atoms with Crippen LogP contribution in [0.2, 0.25) is 0 Å². The Kier molecular flexibility index (Phi) is 2.77. The lowest BCUT2D eigenvalue weighted by Crippen LogP contribution is -2.49. The van der Waals surface area contributed by atoms with Crippen molar-refractivity contribution in [1.82, 2.24) is 10.4 Å². The summed E-state index contributed by atoms with van der Waals surface area (Å²) >= 11 is 0. The molecule has 5 nitrogen and oxygen atoms in total. The van der Waals surface area contributed by atoms with Gasteiger partial charge in [-0.1, -0.05) is 24.3 Å². The summed E-state index contributed by atoms with van der Waals surface area (Å²) in [5, 5.41) is 1.00. The van der Waals surface area contributed by atoms with E-state index < -0.39 is 0 Å². The molecule has 1 saturated heterocycles. The molecule has 3 aliphatic carbocycles. The number of allylic oxidation sites excluding steroid dienone is 4. The maximum absolute atomic E-state index is 12.4. The van der Waals surface area contributed by atoms with Gasteiger partial charge in [0.2, 0.25) is 5.91 Å². The van der Waals surface area contributed by atoms with Gasteiger partial charge in [-0.05, 0) is 37.5 Å². The van der Waals surface area contributed by atoms with Gasteiger partial charge >= 0.3 is 0 Å². The number of amides is 3. The minimum atomic E-state index is -0.251. The highest BCUT2D eigenvalue weighted by Crippen LogP contribution is 2.52. The Bertz CT molecular complexity index is 550. The van der Waals surface area contributed by atoms with E-state index >= 15 is 0 Å². The maximum Gasteiger partial charge on any atom is 0.252 e. The van der Waals surface area contributed by atoms with Crippen LogP contribution in [0.3, 0.4) is 0 Å². The van der Waals surface area contributed by atoms with E-state index in [9.17, 15) is 14.4 Å². The van der Waals surface area contributed by atoms with E-state index in [-0.39, 0.29) is 47.3 Å². The van der Waals surface area contributed by atoms with Gasteiger partial charge in [0.15, 0.2) is 0 Å². The third-order valence-electron chi connectivity index (χ3n) is 5.33. The molecule has 5 atom stereocenters. The van der Waals surface area contributed by atoms with Gasteiger partial charge < -0.3 is 0 Å². The summed E-state index contributed by atoms with van der Waals surface area (Å²) in [6.07, 6.45) is 11.4. The molecule has 110 valence electrons. The fraction of sp³-hybridized carbons (Fsp3) is 0.562. The van der Waals surface area contributed by atoms with Crippen molar-refractivity contribution in [3.63, 3.8) is 0 Å². The fourth-order valence-corrected chi connectivity index (χ4v) is 4.25. The van der Waals surface area contributed by atoms with Crippen molar-refractivity contribution < 1.29 is 14.4 Å². The molecule has 0 spiro atoms. The molecule has 0 aromatic heterocycles. The Hall–Kier alpha value is -1.91. The number of hydrazine groups is 1. The molecule has 1 saturated carbocycles. The van der Waals surface area contributed by atoms with Crippen LogP contribution in [0.5, 0.6) is 0 Å². The van der Waals surface area contributed by atoms with Gasteiger partial charge in [0.05, 0.1) is 11.8 Å². The van der Waals surface area contributed by atoms with Gasteiger partial charge in [0.25, 0.3) is 11.8 Å². The second-order valence-corrected chi connectivity index (χ2v) is 6.47. The summed E-state index contributed by atoms with van der Waals surface area (Å²) in [6.45, 7) is 0. The van der Waals surface area contributed by atoms with E-state index in [1.807, 2.05) is 18.2 Å². The molecule has 3 amide bonds. The third-order valence-corrected chi connectivity index (χ3v) is 5.33. The first kappa shape index (κ1) is 12.8. The predicted molar refractivity (Wildman–Crippen MR) is 74.2 cm³/mol. The summed E-state index contributed by atoms with van der Waals surface area (Å²) in [5.41, 5.74) is 2.58. The Balaban J connectivity index is 1.49. The van der Waals surface area contributed by atoms with Gasteiger partial charge in [-0.15, -0.1) is 0 Å². The molecule has 2 fully saturated rings. The molecule has 0 unspecified atom stereocenters. The first-order valence-corrected chi connectivity index (χ1v) is 7.68. The van der Waals surface area contributed by atoms with E-state index in [1.54, 1.807) is 0 Å². The summed E-state index contributed by atoms with van der Waals surface area (Å²) < 4.78 is 0. The predicted octanol–water partition coefficient (Wildman–Crippen LogP) is 1.18. The van der Waals surface area contributed by atoms with Crippen molar-refractivity contribution in [2.45, 2.75) is 25.7 Å². The van der Waals surface area contributed by atoms with Crippen molar-refractivity contribution in [3.8, 4) is 0 Å². The molecule has 4 rings (SSSR count). The standard InChI is InChI=1S/C16H18N2O3/c19-14(9-4-2-1-3-5-9)17-18-15(20)12-10-6-7-11(8-10)13(12)16(18)21/h1-2,6-7,9-13H,3-5,8H2,(H,17,19)/t9-,10-,11-,12-,13+/m1/s1. The molecule has 4 aliphatic rings. The first-order chi connectivity index (χ1) is 10.2. The molecule has 21 heavy (non-hydrogen) atoms. The zero-order valence-electron chi connectivity index (χ0n) is 11.7. The van der Waals surface area contributed by atoms with Crippen LogP contribution in [0.1, 0.15) is 25.7 Å². The van der Waals surface area contributed by atoms with Crippen molar-refractivity contribution in [2.24, 2.45) is 29.6 Å². The largest absolute Gasteiger partial charge is 0.273 e. The highest BCUT2D eigenvalue weighted by atomic mass is 16.2. The molecule has 2 bridgehead atoms. The van der Waals surface area contributed by atoms with Gasteiger partial charge in [0.1, 0.15) is 0 Å². The molecule has 1 aliphatic heterocycles. The fourth-order valence-electron chi connectivity index (χ4n) is 4.25. The van der Waals surface area contributed by atoms with Crippen LogP contribution in [-0.2, 0) is 14.4 Å². The maximum atomic E-state index is 12.4. The average molecular weight is 286 g/mol. The Morgan fingerprint density at radius 3 is 2.33 bits per heavy atom. The molecular weight excluding hydrogens is 268 g/mol. The normalized spacial score (nSPS) is 40.0. The van der Waals surface area contributed by atoms with E-state index in [1.165, 1.54) is 0 Å². The lowest BCUT2D eigenvalue weighted by molar-refractivity contribution is -0.151. The Labute approximate surface area is 123 Å². The quantitative estimate of drug-likeness (QED) is 0.612. The van der Waals surface area contributed by atoms with Crippen LogP contribution in [0.15, 0.2) is 24.3 Å². The minimum Gasteiger partial charge on any atom is -0.273 e. The molecule has 0 radical (unpaired) electrons. The lowest BCUT2D eigenvalue weighted by Gasteiger charge is -2.22. The Morgan fingerprint density at radius 1 is 1.10 bits per heavy atom. The Morgan fingerprint density at radius 2 is 1.76 bits per heavy atom. The highest BCUT2D eigenvalue weighted by molar-refractivity contribution is 6.07. The van der Waals surface area contributed by atoms with Crippen molar-refractivity contribution >= 4 is 17.7 Å². The van der Waals surface area contributed by atoms with Gasteiger partial charge in [-0.3, -0.25) is 19.8 Å². The number of rotatable bonds is 2. The molecule has 5 heteroatoms. The van der Waals surface area contributed by atoms with E-state index in [0.29, 0.717) is 6.42 Å². The topological polar surface area (TPSA) is 66.5 Å². The number of hydrogen-bond acceptors (Lipinski definition) is 3. The number of carbonyl (C=O) groups is 3. The van der Waals surface area contributed by atoms with Crippen LogP contribution >= 0.6 is 0 Å². The zero-order valence-corrected chi connectivity index (χ0v) is 11.7. The smallest absolute Gasteiger partial charge is 0.252 e. The van der Waals surface area contributed by atoms with Gasteiger partial charge in [-0.2, -0.15) is 5.01 Å². The number of nitrogens with zero attached hydrogens (tertiary/aromatic N) is 1. The number of nitrogens with one attached hydrogen (secondary N) is 1. The lowest BCUT2D eigenvalue weighted by atomic mass is 9.85. The molecule has 0 aromatic rings. The van der Waals surface area contributed by atoms with Gasteiger partial charge in [-0.25, -0.2) is 0 Å². The SMILES string of the molecule is O=C(NN1C(=O)[C@@H]2[C@H](C1=O)[C@@H]1C=C[C@@H]2C1)[C@@H]1CC=CCC1. The number of hydrogen-bond donors (Lipinski definition) is 1. The van der Waals surface area contributed by atoms with Gasteiger partial charge in [0, 0.05) is 5.92 Å². The van der Waals surface area contributed by atoms with Crippen LogP contribution in [0.4, 0.5) is 0 Å². The van der Waals surface area contributed by atoms with E-state index in [0.717, 1.165) is 24.3 Å². The average Bonchev–Trinajstić information content (AvgIpc) is 3.18. The highest BCUT2D eigenvalue weighted by Gasteiger charge is 2.59. The summed E-state index contributed by atoms with van der Waals surface area (Å²) in [7, 11) is 0. The number of imide groups is 1.